The Morgan fingerprint density at radius 2 is 1.70 bits per heavy atom. The standard InChI is InChI=1S/C20H19FN2O4/c1-27-17(24)15-4-2-3-5-16(15)23-19(26)20(10-11-20)18(25)22-12-13-6-8-14(21)9-7-13/h2-9H,10-12H2,1H3,(H,22,25)(H,23,26). The molecule has 0 saturated heterocycles. The molecule has 1 saturated carbocycles. The second-order valence-electron chi connectivity index (χ2n) is 6.38. The average molecular weight is 370 g/mol. The second-order valence-corrected chi connectivity index (χ2v) is 6.38. The minimum Gasteiger partial charge on any atom is -0.465 e. The molecular weight excluding hydrogens is 351 g/mol. The zero-order valence-electron chi connectivity index (χ0n) is 14.8. The van der Waals surface area contributed by atoms with E-state index in [1.807, 2.05) is 0 Å². The van der Waals surface area contributed by atoms with Gasteiger partial charge in [0, 0.05) is 6.54 Å². The maximum absolute atomic E-state index is 12.9. The minimum absolute atomic E-state index is 0.201. The van der Waals surface area contributed by atoms with Crippen LogP contribution in [0.1, 0.15) is 28.8 Å². The van der Waals surface area contributed by atoms with Crippen molar-refractivity contribution < 1.29 is 23.5 Å². The Bertz CT molecular complexity index is 876. The first-order valence-corrected chi connectivity index (χ1v) is 8.48. The lowest BCUT2D eigenvalue weighted by molar-refractivity contribution is -0.134. The summed E-state index contributed by atoms with van der Waals surface area (Å²) in [5.74, 6) is -1.78. The van der Waals surface area contributed by atoms with Crippen molar-refractivity contribution in [3.8, 4) is 0 Å². The number of hydrogen-bond donors (Lipinski definition) is 2. The molecule has 2 aromatic rings. The minimum atomic E-state index is -1.15. The van der Waals surface area contributed by atoms with Gasteiger partial charge in [0.1, 0.15) is 11.2 Å². The van der Waals surface area contributed by atoms with Crippen molar-refractivity contribution >= 4 is 23.5 Å². The van der Waals surface area contributed by atoms with Crippen molar-refractivity contribution in [1.82, 2.24) is 5.32 Å². The Morgan fingerprint density at radius 3 is 2.33 bits per heavy atom. The van der Waals surface area contributed by atoms with Gasteiger partial charge in [-0.15, -0.1) is 0 Å². The summed E-state index contributed by atoms with van der Waals surface area (Å²) < 4.78 is 17.6. The van der Waals surface area contributed by atoms with E-state index in [9.17, 15) is 18.8 Å². The monoisotopic (exact) mass is 370 g/mol. The molecular formula is C20H19FN2O4. The Morgan fingerprint density at radius 1 is 1.04 bits per heavy atom. The van der Waals surface area contributed by atoms with Crippen molar-refractivity contribution in [3.63, 3.8) is 0 Å². The highest BCUT2D eigenvalue weighted by molar-refractivity contribution is 6.14. The Hall–Kier alpha value is -3.22. The number of carbonyl (C=O) groups excluding carboxylic acids is 3. The SMILES string of the molecule is COC(=O)c1ccccc1NC(=O)C1(C(=O)NCc2ccc(F)cc2)CC1. The number of benzene rings is 2. The summed E-state index contributed by atoms with van der Waals surface area (Å²) in [6.45, 7) is 0.201. The number of anilines is 1. The molecule has 0 radical (unpaired) electrons. The summed E-state index contributed by atoms with van der Waals surface area (Å²) >= 11 is 0. The predicted molar refractivity (Wildman–Crippen MR) is 96.3 cm³/mol. The predicted octanol–water partition coefficient (Wildman–Crippen LogP) is 2.65. The highest BCUT2D eigenvalue weighted by atomic mass is 19.1. The van der Waals surface area contributed by atoms with Gasteiger partial charge in [-0.1, -0.05) is 24.3 Å². The quantitative estimate of drug-likeness (QED) is 0.605. The van der Waals surface area contributed by atoms with E-state index >= 15 is 0 Å². The first-order chi connectivity index (χ1) is 13.0. The third-order valence-corrected chi connectivity index (χ3v) is 4.57. The van der Waals surface area contributed by atoms with Crippen molar-refractivity contribution in [2.75, 3.05) is 12.4 Å². The first-order valence-electron chi connectivity index (χ1n) is 8.48. The summed E-state index contributed by atoms with van der Waals surface area (Å²) in [5.41, 5.74) is 0.100. The molecule has 0 aromatic heterocycles. The highest BCUT2D eigenvalue weighted by Crippen LogP contribution is 2.47. The smallest absolute Gasteiger partial charge is 0.339 e. The van der Waals surface area contributed by atoms with Gasteiger partial charge in [0.15, 0.2) is 0 Å². The number of esters is 1. The van der Waals surface area contributed by atoms with Gasteiger partial charge < -0.3 is 15.4 Å². The van der Waals surface area contributed by atoms with Crippen LogP contribution in [0.25, 0.3) is 0 Å². The number of hydrogen-bond acceptors (Lipinski definition) is 4. The van der Waals surface area contributed by atoms with Gasteiger partial charge in [-0.2, -0.15) is 0 Å². The number of carbonyl (C=O) groups is 3. The van der Waals surface area contributed by atoms with Crippen LogP contribution in [0.15, 0.2) is 48.5 Å². The van der Waals surface area contributed by atoms with Crippen LogP contribution in [0.3, 0.4) is 0 Å². The first kappa shape index (κ1) is 18.6. The van der Waals surface area contributed by atoms with E-state index in [-0.39, 0.29) is 23.8 Å². The molecule has 2 aromatic carbocycles. The fourth-order valence-electron chi connectivity index (χ4n) is 2.76. The molecule has 1 aliphatic rings. The summed E-state index contributed by atoms with van der Waals surface area (Å²) in [7, 11) is 1.26. The molecule has 140 valence electrons. The van der Waals surface area contributed by atoms with Crippen LogP contribution in [0, 0.1) is 11.2 Å². The van der Waals surface area contributed by atoms with Crippen LogP contribution >= 0.6 is 0 Å². The lowest BCUT2D eigenvalue weighted by Gasteiger charge is -2.16. The lowest BCUT2D eigenvalue weighted by Crippen LogP contribution is -2.39. The highest BCUT2D eigenvalue weighted by Gasteiger charge is 2.56. The number of ether oxygens (including phenoxy) is 1. The van der Waals surface area contributed by atoms with Gasteiger partial charge in [-0.3, -0.25) is 9.59 Å². The van der Waals surface area contributed by atoms with E-state index in [0.29, 0.717) is 18.5 Å². The van der Waals surface area contributed by atoms with Gasteiger partial charge in [-0.25, -0.2) is 9.18 Å². The fourth-order valence-corrected chi connectivity index (χ4v) is 2.76. The zero-order valence-corrected chi connectivity index (χ0v) is 14.8. The molecule has 27 heavy (non-hydrogen) atoms. The topological polar surface area (TPSA) is 84.5 Å². The molecule has 7 heteroatoms. The maximum atomic E-state index is 12.9. The van der Waals surface area contributed by atoms with E-state index in [4.69, 9.17) is 4.74 Å². The van der Waals surface area contributed by atoms with Gasteiger partial charge in [0.2, 0.25) is 11.8 Å². The third kappa shape index (κ3) is 3.97. The zero-order chi connectivity index (χ0) is 19.4. The molecule has 0 atom stereocenters. The normalized spacial score (nSPS) is 14.1. The van der Waals surface area contributed by atoms with E-state index in [1.54, 1.807) is 30.3 Å². The number of amides is 2. The van der Waals surface area contributed by atoms with Crippen LogP contribution in [0.4, 0.5) is 10.1 Å². The van der Waals surface area contributed by atoms with E-state index in [1.165, 1.54) is 25.3 Å². The molecule has 0 spiro atoms. The molecule has 0 aliphatic heterocycles. The van der Waals surface area contributed by atoms with Crippen LogP contribution < -0.4 is 10.6 Å². The molecule has 3 rings (SSSR count). The van der Waals surface area contributed by atoms with Crippen LogP contribution in [-0.2, 0) is 20.9 Å². The molecule has 6 nitrogen and oxygen atoms in total. The Balaban J connectivity index is 1.67. The van der Waals surface area contributed by atoms with Crippen LogP contribution in [0.2, 0.25) is 0 Å². The summed E-state index contributed by atoms with van der Waals surface area (Å²) in [6, 6.07) is 12.2. The molecule has 0 heterocycles. The van der Waals surface area contributed by atoms with Crippen molar-refractivity contribution in [2.45, 2.75) is 19.4 Å². The van der Waals surface area contributed by atoms with E-state index in [2.05, 4.69) is 10.6 Å². The second kappa shape index (κ2) is 7.57. The molecule has 2 amide bonds. The Kier molecular flexibility index (Phi) is 5.21. The Labute approximate surface area is 155 Å². The van der Waals surface area contributed by atoms with E-state index in [0.717, 1.165) is 5.56 Å². The number of methoxy groups -OCH3 is 1. The van der Waals surface area contributed by atoms with Crippen LogP contribution in [0.5, 0.6) is 0 Å². The van der Waals surface area contributed by atoms with Gasteiger partial charge >= 0.3 is 5.97 Å². The largest absolute Gasteiger partial charge is 0.465 e. The summed E-state index contributed by atoms with van der Waals surface area (Å²) in [6.07, 6.45) is 0.850. The van der Waals surface area contributed by atoms with E-state index < -0.39 is 17.3 Å². The van der Waals surface area contributed by atoms with Crippen molar-refractivity contribution in [3.05, 3.63) is 65.5 Å². The van der Waals surface area contributed by atoms with Crippen LogP contribution in [-0.4, -0.2) is 24.9 Å². The van der Waals surface area contributed by atoms with Gasteiger partial charge in [-0.05, 0) is 42.7 Å². The molecule has 2 N–H and O–H groups in total. The third-order valence-electron chi connectivity index (χ3n) is 4.57. The molecule has 1 aliphatic carbocycles. The van der Waals surface area contributed by atoms with Gasteiger partial charge in [0.25, 0.3) is 0 Å². The van der Waals surface area contributed by atoms with Crippen molar-refractivity contribution in [1.29, 1.82) is 0 Å². The number of para-hydroxylation sites is 1. The number of nitrogens with one attached hydrogen (secondary N) is 2. The van der Waals surface area contributed by atoms with Crippen molar-refractivity contribution in [2.24, 2.45) is 5.41 Å². The molecule has 0 unspecified atom stereocenters. The fraction of sp³-hybridized carbons (Fsp3) is 0.250. The molecule has 0 bridgehead atoms. The summed E-state index contributed by atoms with van der Waals surface area (Å²) in [4.78, 5) is 37.0. The summed E-state index contributed by atoms with van der Waals surface area (Å²) in [5, 5.41) is 5.39. The molecule has 1 fully saturated rings. The lowest BCUT2D eigenvalue weighted by atomic mass is 10.0. The van der Waals surface area contributed by atoms with Gasteiger partial charge in [0.05, 0.1) is 18.4 Å². The maximum Gasteiger partial charge on any atom is 0.339 e. The number of halogens is 1. The average Bonchev–Trinajstić information content (AvgIpc) is 3.49. The number of rotatable bonds is 6.